The summed E-state index contributed by atoms with van der Waals surface area (Å²) in [6.07, 6.45) is 0. The van der Waals surface area contributed by atoms with Crippen LogP contribution in [0.15, 0.2) is 0 Å². The molecule has 1 aromatic rings. The maximum atomic E-state index is 6.07. The van der Waals surface area contributed by atoms with Crippen molar-refractivity contribution in [3.8, 4) is 0 Å². The van der Waals surface area contributed by atoms with E-state index in [4.69, 9.17) is 16.3 Å². The van der Waals surface area contributed by atoms with Crippen LogP contribution in [0, 0.1) is 13.8 Å². The summed E-state index contributed by atoms with van der Waals surface area (Å²) < 4.78 is 6.98. The lowest BCUT2D eigenvalue weighted by Gasteiger charge is -2.12. The predicted octanol–water partition coefficient (Wildman–Crippen LogP) is 1.78. The van der Waals surface area contributed by atoms with Crippen molar-refractivity contribution in [3.63, 3.8) is 0 Å². The zero-order valence-electron chi connectivity index (χ0n) is 10.4. The van der Waals surface area contributed by atoms with Gasteiger partial charge in [0.05, 0.1) is 29.6 Å². The number of hydrogen-bond acceptors (Lipinski definition) is 3. The third-order valence-corrected chi connectivity index (χ3v) is 3.07. The molecule has 1 heterocycles. The van der Waals surface area contributed by atoms with Crippen molar-refractivity contribution in [1.82, 2.24) is 15.1 Å². The molecular formula is C11H20ClN3O. The van der Waals surface area contributed by atoms with Crippen LogP contribution in [0.2, 0.25) is 5.02 Å². The number of aromatic nitrogens is 2. The van der Waals surface area contributed by atoms with Gasteiger partial charge in [-0.3, -0.25) is 4.68 Å². The molecular weight excluding hydrogens is 226 g/mol. The van der Waals surface area contributed by atoms with Crippen molar-refractivity contribution >= 4 is 11.6 Å². The van der Waals surface area contributed by atoms with Gasteiger partial charge in [0.2, 0.25) is 0 Å². The molecule has 0 bridgehead atoms. The number of nitrogens with one attached hydrogen (secondary N) is 1. The van der Waals surface area contributed by atoms with Gasteiger partial charge in [-0.05, 0) is 20.8 Å². The van der Waals surface area contributed by atoms with Crippen LogP contribution in [0.5, 0.6) is 0 Å². The molecule has 0 radical (unpaired) electrons. The largest absolute Gasteiger partial charge is 0.383 e. The number of ether oxygens (including phenoxy) is 1. The first-order valence-electron chi connectivity index (χ1n) is 5.48. The van der Waals surface area contributed by atoms with Gasteiger partial charge in [0, 0.05) is 19.7 Å². The van der Waals surface area contributed by atoms with Crippen molar-refractivity contribution in [1.29, 1.82) is 0 Å². The Balaban J connectivity index is 2.40. The van der Waals surface area contributed by atoms with Gasteiger partial charge in [0.15, 0.2) is 0 Å². The van der Waals surface area contributed by atoms with E-state index in [1.807, 2.05) is 18.5 Å². The summed E-state index contributed by atoms with van der Waals surface area (Å²) in [4.78, 5) is 0. The van der Waals surface area contributed by atoms with E-state index in [0.29, 0.717) is 6.04 Å². The molecule has 0 saturated heterocycles. The SMILES string of the molecule is COCC(C)NCCn1nc(C)c(Cl)c1C. The highest BCUT2D eigenvalue weighted by Crippen LogP contribution is 2.18. The monoisotopic (exact) mass is 245 g/mol. The summed E-state index contributed by atoms with van der Waals surface area (Å²) in [5, 5.41) is 8.49. The van der Waals surface area contributed by atoms with Gasteiger partial charge in [-0.2, -0.15) is 5.10 Å². The zero-order chi connectivity index (χ0) is 12.1. The minimum absolute atomic E-state index is 0.359. The third-order valence-electron chi connectivity index (χ3n) is 2.53. The fraction of sp³-hybridized carbons (Fsp3) is 0.727. The Morgan fingerprint density at radius 3 is 2.69 bits per heavy atom. The fourth-order valence-corrected chi connectivity index (χ4v) is 1.75. The molecule has 0 spiro atoms. The molecule has 1 aromatic heterocycles. The second kappa shape index (κ2) is 6.23. The Morgan fingerprint density at radius 1 is 1.50 bits per heavy atom. The Hall–Kier alpha value is -0.580. The minimum Gasteiger partial charge on any atom is -0.383 e. The summed E-state index contributed by atoms with van der Waals surface area (Å²) in [6.45, 7) is 8.42. The molecule has 0 aliphatic heterocycles. The van der Waals surface area contributed by atoms with E-state index >= 15 is 0 Å². The lowest BCUT2D eigenvalue weighted by molar-refractivity contribution is 0.171. The van der Waals surface area contributed by atoms with E-state index in [9.17, 15) is 0 Å². The van der Waals surface area contributed by atoms with Gasteiger partial charge >= 0.3 is 0 Å². The molecule has 0 aliphatic carbocycles. The molecule has 4 nitrogen and oxygen atoms in total. The number of hydrogen-bond donors (Lipinski definition) is 1. The van der Waals surface area contributed by atoms with E-state index in [1.54, 1.807) is 7.11 Å². The average Bonchev–Trinajstić information content (AvgIpc) is 2.47. The fourth-order valence-electron chi connectivity index (χ4n) is 1.62. The van der Waals surface area contributed by atoms with Crippen LogP contribution in [0.3, 0.4) is 0 Å². The molecule has 1 N–H and O–H groups in total. The van der Waals surface area contributed by atoms with E-state index in [2.05, 4.69) is 17.3 Å². The first kappa shape index (κ1) is 13.5. The van der Waals surface area contributed by atoms with Crippen LogP contribution < -0.4 is 5.32 Å². The van der Waals surface area contributed by atoms with Crippen LogP contribution >= 0.6 is 11.6 Å². The highest BCUT2D eigenvalue weighted by molar-refractivity contribution is 6.31. The smallest absolute Gasteiger partial charge is 0.0844 e. The topological polar surface area (TPSA) is 39.1 Å². The minimum atomic E-state index is 0.359. The van der Waals surface area contributed by atoms with E-state index in [-0.39, 0.29) is 0 Å². The molecule has 16 heavy (non-hydrogen) atoms. The molecule has 5 heteroatoms. The summed E-state index contributed by atoms with van der Waals surface area (Å²) in [5.74, 6) is 0. The van der Waals surface area contributed by atoms with Crippen molar-refractivity contribution in [2.75, 3.05) is 20.3 Å². The summed E-state index contributed by atoms with van der Waals surface area (Å²) in [5.41, 5.74) is 1.92. The van der Waals surface area contributed by atoms with Crippen LogP contribution in [0.4, 0.5) is 0 Å². The zero-order valence-corrected chi connectivity index (χ0v) is 11.1. The lowest BCUT2D eigenvalue weighted by Crippen LogP contribution is -2.33. The van der Waals surface area contributed by atoms with E-state index < -0.39 is 0 Å². The average molecular weight is 246 g/mol. The van der Waals surface area contributed by atoms with Crippen LogP contribution in [0.25, 0.3) is 0 Å². The first-order valence-corrected chi connectivity index (χ1v) is 5.86. The second-order valence-electron chi connectivity index (χ2n) is 4.02. The normalized spacial score (nSPS) is 13.1. The van der Waals surface area contributed by atoms with Crippen LogP contribution in [-0.2, 0) is 11.3 Å². The maximum absolute atomic E-state index is 6.07. The Bertz CT molecular complexity index is 338. The summed E-state index contributed by atoms with van der Waals surface area (Å²) in [6, 6.07) is 0.359. The highest BCUT2D eigenvalue weighted by Gasteiger charge is 2.08. The van der Waals surface area contributed by atoms with Crippen molar-refractivity contribution in [2.45, 2.75) is 33.4 Å². The molecule has 0 amide bonds. The molecule has 1 unspecified atom stereocenters. The number of aryl methyl sites for hydroxylation is 1. The van der Waals surface area contributed by atoms with Crippen molar-refractivity contribution in [3.05, 3.63) is 16.4 Å². The predicted molar refractivity (Wildman–Crippen MR) is 66.1 cm³/mol. The maximum Gasteiger partial charge on any atom is 0.0844 e. The van der Waals surface area contributed by atoms with Gasteiger partial charge in [-0.25, -0.2) is 0 Å². The van der Waals surface area contributed by atoms with Crippen molar-refractivity contribution < 1.29 is 4.74 Å². The lowest BCUT2D eigenvalue weighted by atomic mass is 10.3. The van der Waals surface area contributed by atoms with Crippen molar-refractivity contribution in [2.24, 2.45) is 0 Å². The number of halogens is 1. The molecule has 1 atom stereocenters. The van der Waals surface area contributed by atoms with Gasteiger partial charge < -0.3 is 10.1 Å². The standard InChI is InChI=1S/C11H20ClN3O/c1-8(7-16-4)13-5-6-15-10(3)11(12)9(2)14-15/h8,13H,5-7H2,1-4H3. The Kier molecular flexibility index (Phi) is 5.25. The number of nitrogens with zero attached hydrogens (tertiary/aromatic N) is 2. The van der Waals surface area contributed by atoms with Crippen LogP contribution in [0.1, 0.15) is 18.3 Å². The Morgan fingerprint density at radius 2 is 2.19 bits per heavy atom. The van der Waals surface area contributed by atoms with Gasteiger partial charge in [-0.15, -0.1) is 0 Å². The molecule has 0 saturated carbocycles. The number of rotatable bonds is 6. The second-order valence-corrected chi connectivity index (χ2v) is 4.40. The summed E-state index contributed by atoms with van der Waals surface area (Å²) >= 11 is 6.07. The van der Waals surface area contributed by atoms with E-state index in [0.717, 1.165) is 36.1 Å². The third kappa shape index (κ3) is 3.47. The quantitative estimate of drug-likeness (QED) is 0.831. The highest BCUT2D eigenvalue weighted by atomic mass is 35.5. The first-order chi connectivity index (χ1) is 7.56. The molecule has 92 valence electrons. The van der Waals surface area contributed by atoms with E-state index in [1.165, 1.54) is 0 Å². The summed E-state index contributed by atoms with van der Waals surface area (Å²) in [7, 11) is 1.71. The molecule has 0 aromatic carbocycles. The number of methoxy groups -OCH3 is 1. The van der Waals surface area contributed by atoms with Gasteiger partial charge in [-0.1, -0.05) is 11.6 Å². The Labute approximate surface area is 102 Å². The molecule has 0 fully saturated rings. The molecule has 1 rings (SSSR count). The van der Waals surface area contributed by atoms with Gasteiger partial charge in [0.25, 0.3) is 0 Å². The van der Waals surface area contributed by atoms with Crippen LogP contribution in [-0.4, -0.2) is 36.1 Å². The molecule has 0 aliphatic rings. The van der Waals surface area contributed by atoms with Gasteiger partial charge in [0.1, 0.15) is 0 Å².